The van der Waals surface area contributed by atoms with Gasteiger partial charge in [-0.1, -0.05) is 6.07 Å². The molecule has 1 aliphatic rings. The molecule has 1 fully saturated rings. The highest BCUT2D eigenvalue weighted by Crippen LogP contribution is 2.26. The van der Waals surface area contributed by atoms with Gasteiger partial charge in [-0.05, 0) is 12.1 Å². The molecule has 146 valence electrons. The summed E-state index contributed by atoms with van der Waals surface area (Å²) in [5.41, 5.74) is 0.545. The maximum absolute atomic E-state index is 14.0. The van der Waals surface area contributed by atoms with Gasteiger partial charge in [0.15, 0.2) is 0 Å². The molecule has 28 heavy (non-hydrogen) atoms. The summed E-state index contributed by atoms with van der Waals surface area (Å²) in [4.78, 5) is 18.8. The van der Waals surface area contributed by atoms with Crippen molar-refractivity contribution in [1.29, 1.82) is 5.26 Å². The molecule has 1 saturated heterocycles. The molecule has 0 radical (unpaired) electrons. The van der Waals surface area contributed by atoms with Gasteiger partial charge in [-0.15, -0.1) is 0 Å². The summed E-state index contributed by atoms with van der Waals surface area (Å²) in [7, 11) is 1.52. The minimum Gasteiger partial charge on any atom is -0.496 e. The third kappa shape index (κ3) is 4.40. The molecule has 1 aliphatic heterocycles. The van der Waals surface area contributed by atoms with Crippen molar-refractivity contribution in [1.82, 2.24) is 9.88 Å². The van der Waals surface area contributed by atoms with Crippen molar-refractivity contribution in [3.8, 4) is 17.7 Å². The molecule has 9 heteroatoms. The topological polar surface area (TPSA) is 98.9 Å². The zero-order chi connectivity index (χ0) is 20.1. The molecule has 8 nitrogen and oxygen atoms in total. The van der Waals surface area contributed by atoms with Crippen LogP contribution in [0.1, 0.15) is 11.1 Å². The Kier molecular flexibility index (Phi) is 5.79. The van der Waals surface area contributed by atoms with Crippen LogP contribution in [0.15, 0.2) is 30.3 Å². The van der Waals surface area contributed by atoms with Crippen molar-refractivity contribution in [2.75, 3.05) is 38.2 Å². The Morgan fingerprint density at radius 2 is 2.04 bits per heavy atom. The SMILES string of the molecule is COc1cc(OCc2ccc(C#N)cc2F)nc(N2CCN(C(=O)O)CC2)c1. The first-order valence-electron chi connectivity index (χ1n) is 8.60. The summed E-state index contributed by atoms with van der Waals surface area (Å²) in [5, 5.41) is 17.9. The van der Waals surface area contributed by atoms with Gasteiger partial charge in [0.2, 0.25) is 5.88 Å². The molecule has 2 heterocycles. The number of carboxylic acid groups (broad SMARTS) is 1. The number of piperazine rings is 1. The number of amides is 1. The second-order valence-corrected chi connectivity index (χ2v) is 6.17. The minimum absolute atomic E-state index is 0.0516. The average Bonchev–Trinajstić information content (AvgIpc) is 2.72. The molecule has 0 atom stereocenters. The van der Waals surface area contributed by atoms with Gasteiger partial charge < -0.3 is 24.4 Å². The lowest BCUT2D eigenvalue weighted by Gasteiger charge is -2.34. The second kappa shape index (κ2) is 8.43. The van der Waals surface area contributed by atoms with E-state index in [0.29, 0.717) is 43.3 Å². The third-order valence-electron chi connectivity index (χ3n) is 4.43. The molecule has 3 rings (SSSR count). The van der Waals surface area contributed by atoms with Crippen LogP contribution in [0.2, 0.25) is 0 Å². The Bertz CT molecular complexity index is 907. The van der Waals surface area contributed by atoms with E-state index >= 15 is 0 Å². The first-order chi connectivity index (χ1) is 13.5. The van der Waals surface area contributed by atoms with Gasteiger partial charge in [0.05, 0.1) is 18.7 Å². The van der Waals surface area contributed by atoms with Gasteiger partial charge in [-0.3, -0.25) is 0 Å². The summed E-state index contributed by atoms with van der Waals surface area (Å²) in [5.74, 6) is 0.867. The number of carbonyl (C=O) groups is 1. The smallest absolute Gasteiger partial charge is 0.407 e. The van der Waals surface area contributed by atoms with Gasteiger partial charge in [-0.2, -0.15) is 10.2 Å². The average molecular weight is 386 g/mol. The van der Waals surface area contributed by atoms with Gasteiger partial charge in [0, 0.05) is 43.9 Å². The summed E-state index contributed by atoms with van der Waals surface area (Å²) >= 11 is 0. The Labute approximate surface area is 161 Å². The molecule has 0 saturated carbocycles. The van der Waals surface area contributed by atoms with Crippen LogP contribution in [0.25, 0.3) is 0 Å². The number of hydrogen-bond acceptors (Lipinski definition) is 6. The Morgan fingerprint density at radius 3 is 2.64 bits per heavy atom. The number of ether oxygens (including phenoxy) is 2. The van der Waals surface area contributed by atoms with Crippen molar-refractivity contribution in [2.45, 2.75) is 6.61 Å². The molecular weight excluding hydrogens is 367 g/mol. The van der Waals surface area contributed by atoms with E-state index < -0.39 is 11.9 Å². The molecule has 0 unspecified atom stereocenters. The van der Waals surface area contributed by atoms with E-state index in [-0.39, 0.29) is 18.1 Å². The maximum atomic E-state index is 14.0. The fourth-order valence-corrected chi connectivity index (χ4v) is 2.83. The van der Waals surface area contributed by atoms with Gasteiger partial charge >= 0.3 is 6.09 Å². The van der Waals surface area contributed by atoms with Crippen LogP contribution in [0.4, 0.5) is 15.0 Å². The molecule has 0 spiro atoms. The number of nitriles is 1. The Morgan fingerprint density at radius 1 is 1.29 bits per heavy atom. The Balaban J connectivity index is 1.73. The molecule has 1 aromatic carbocycles. The normalized spacial score (nSPS) is 13.8. The molecule has 0 bridgehead atoms. The molecular formula is C19H19FN4O4. The molecule has 1 amide bonds. The quantitative estimate of drug-likeness (QED) is 0.843. The van der Waals surface area contributed by atoms with Gasteiger partial charge in [0.1, 0.15) is 24.0 Å². The highest BCUT2D eigenvalue weighted by Gasteiger charge is 2.22. The summed E-state index contributed by atoms with van der Waals surface area (Å²) < 4.78 is 24.9. The number of pyridine rings is 1. The van der Waals surface area contributed by atoms with E-state index in [9.17, 15) is 9.18 Å². The van der Waals surface area contributed by atoms with E-state index in [0.717, 1.165) is 6.07 Å². The standard InChI is InChI=1S/C19H19FN4O4/c1-27-15-9-17(23-4-6-24(7-5-23)19(25)26)22-18(10-15)28-12-14-3-2-13(11-21)8-16(14)20/h2-3,8-10H,4-7,12H2,1H3,(H,25,26). The number of aromatic nitrogens is 1. The van der Waals surface area contributed by atoms with Crippen molar-refractivity contribution in [3.05, 3.63) is 47.3 Å². The van der Waals surface area contributed by atoms with E-state index in [2.05, 4.69) is 4.98 Å². The summed E-state index contributed by atoms with van der Waals surface area (Å²) in [6.45, 7) is 1.69. The van der Waals surface area contributed by atoms with E-state index in [1.54, 1.807) is 12.1 Å². The lowest BCUT2D eigenvalue weighted by Crippen LogP contribution is -2.48. The van der Waals surface area contributed by atoms with Crippen LogP contribution in [0.3, 0.4) is 0 Å². The van der Waals surface area contributed by atoms with Crippen molar-refractivity contribution >= 4 is 11.9 Å². The van der Waals surface area contributed by atoms with Crippen molar-refractivity contribution < 1.29 is 23.8 Å². The van der Waals surface area contributed by atoms with Gasteiger partial charge in [-0.25, -0.2) is 9.18 Å². The van der Waals surface area contributed by atoms with Crippen LogP contribution >= 0.6 is 0 Å². The van der Waals surface area contributed by atoms with Crippen molar-refractivity contribution in [2.24, 2.45) is 0 Å². The van der Waals surface area contributed by atoms with E-state index in [1.807, 2.05) is 11.0 Å². The zero-order valence-corrected chi connectivity index (χ0v) is 15.3. The lowest BCUT2D eigenvalue weighted by atomic mass is 10.1. The number of hydrogen-bond donors (Lipinski definition) is 1. The predicted molar refractivity (Wildman–Crippen MR) is 98.0 cm³/mol. The molecule has 0 aliphatic carbocycles. The first kappa shape index (κ1) is 19.2. The fourth-order valence-electron chi connectivity index (χ4n) is 2.83. The maximum Gasteiger partial charge on any atom is 0.407 e. The molecule has 1 aromatic heterocycles. The third-order valence-corrected chi connectivity index (χ3v) is 4.43. The fraction of sp³-hybridized carbons (Fsp3) is 0.316. The number of methoxy groups -OCH3 is 1. The monoisotopic (exact) mass is 386 g/mol. The highest BCUT2D eigenvalue weighted by molar-refractivity contribution is 5.65. The Hall–Kier alpha value is -3.54. The number of rotatable bonds is 5. The zero-order valence-electron chi connectivity index (χ0n) is 15.3. The number of anilines is 1. The summed E-state index contributed by atoms with van der Waals surface area (Å²) in [6.07, 6.45) is -0.938. The predicted octanol–water partition coefficient (Wildman–Crippen LogP) is 2.48. The number of nitrogens with zero attached hydrogens (tertiary/aromatic N) is 4. The van der Waals surface area contributed by atoms with Crippen LogP contribution < -0.4 is 14.4 Å². The van der Waals surface area contributed by atoms with E-state index in [1.165, 1.54) is 24.1 Å². The number of halogens is 1. The lowest BCUT2D eigenvalue weighted by molar-refractivity contribution is 0.142. The summed E-state index contributed by atoms with van der Waals surface area (Å²) in [6, 6.07) is 9.40. The van der Waals surface area contributed by atoms with Crippen LogP contribution in [0, 0.1) is 17.1 Å². The second-order valence-electron chi connectivity index (χ2n) is 6.17. The molecule has 2 aromatic rings. The minimum atomic E-state index is -0.938. The highest BCUT2D eigenvalue weighted by atomic mass is 19.1. The van der Waals surface area contributed by atoms with Gasteiger partial charge in [0.25, 0.3) is 0 Å². The first-order valence-corrected chi connectivity index (χ1v) is 8.60. The largest absolute Gasteiger partial charge is 0.496 e. The van der Waals surface area contributed by atoms with Crippen LogP contribution in [-0.2, 0) is 6.61 Å². The van der Waals surface area contributed by atoms with E-state index in [4.69, 9.17) is 19.8 Å². The van der Waals surface area contributed by atoms with Crippen molar-refractivity contribution in [3.63, 3.8) is 0 Å². The number of benzene rings is 1. The van der Waals surface area contributed by atoms with Crippen LogP contribution in [0.5, 0.6) is 11.6 Å². The molecule has 1 N–H and O–H groups in total. The van der Waals surface area contributed by atoms with Crippen LogP contribution in [-0.4, -0.2) is 54.4 Å².